The van der Waals surface area contributed by atoms with Crippen molar-refractivity contribution in [1.29, 1.82) is 0 Å². The van der Waals surface area contributed by atoms with E-state index in [4.69, 9.17) is 9.51 Å². The molecule has 3 aromatic rings. The van der Waals surface area contributed by atoms with Crippen LogP contribution < -0.4 is 10.2 Å². The maximum absolute atomic E-state index is 12.4. The Morgan fingerprint density at radius 2 is 1.93 bits per heavy atom. The number of amides is 1. The average Bonchev–Trinajstić information content (AvgIpc) is 3.17. The number of anilines is 1. The fourth-order valence-electron chi connectivity index (χ4n) is 3.72. The van der Waals surface area contributed by atoms with Crippen molar-refractivity contribution in [1.82, 2.24) is 20.4 Å². The molecule has 7 nitrogen and oxygen atoms in total. The van der Waals surface area contributed by atoms with Crippen LogP contribution in [0.3, 0.4) is 0 Å². The van der Waals surface area contributed by atoms with Gasteiger partial charge in [-0.25, -0.2) is 4.98 Å². The van der Waals surface area contributed by atoms with Crippen molar-refractivity contribution >= 4 is 34.6 Å². The van der Waals surface area contributed by atoms with E-state index in [1.54, 1.807) is 11.8 Å². The normalized spacial score (nSPS) is 14.3. The Hall–Kier alpha value is -2.61. The van der Waals surface area contributed by atoms with Crippen molar-refractivity contribution < 1.29 is 9.32 Å². The molecule has 1 amide bonds. The first-order chi connectivity index (χ1) is 14.6. The summed E-state index contributed by atoms with van der Waals surface area (Å²) in [6, 6.07) is 8.22. The number of aromatic nitrogens is 3. The monoisotopic (exact) mass is 425 g/mol. The lowest BCUT2D eigenvalue weighted by atomic mass is 10.1. The Morgan fingerprint density at radius 1 is 1.17 bits per heavy atom. The number of carbonyl (C=O) groups excluding carboxylic acids is 1. The van der Waals surface area contributed by atoms with Gasteiger partial charge in [-0.1, -0.05) is 17.3 Å². The molecule has 1 aliphatic heterocycles. The summed E-state index contributed by atoms with van der Waals surface area (Å²) in [6.07, 6.45) is 6.42. The number of carbonyl (C=O) groups is 1. The van der Waals surface area contributed by atoms with E-state index in [2.05, 4.69) is 32.5 Å². The number of fused-ring (bicyclic) bond motifs is 1. The molecule has 3 heterocycles. The Bertz CT molecular complexity index is 1010. The van der Waals surface area contributed by atoms with E-state index in [1.807, 2.05) is 25.3 Å². The lowest BCUT2D eigenvalue weighted by molar-refractivity contribution is -0.121. The molecule has 0 unspecified atom stereocenters. The number of thioether (sulfide) groups is 1. The minimum atomic E-state index is -0.0130. The molecule has 0 atom stereocenters. The van der Waals surface area contributed by atoms with Gasteiger partial charge in [-0.15, -0.1) is 11.8 Å². The molecule has 1 aliphatic rings. The van der Waals surface area contributed by atoms with Gasteiger partial charge in [0.25, 0.3) is 5.71 Å². The van der Waals surface area contributed by atoms with Gasteiger partial charge in [-0.2, -0.15) is 4.98 Å². The molecule has 1 fully saturated rings. The molecule has 0 spiro atoms. The Labute approximate surface area is 180 Å². The number of nitrogens with one attached hydrogen (secondary N) is 1. The Kier molecular flexibility index (Phi) is 6.52. The molecule has 8 heteroatoms. The minimum absolute atomic E-state index is 0.0130. The fraction of sp³-hybridized carbons (Fsp3) is 0.455. The zero-order valence-electron chi connectivity index (χ0n) is 17.5. The third kappa shape index (κ3) is 4.75. The predicted octanol–water partition coefficient (Wildman–Crippen LogP) is 3.89. The van der Waals surface area contributed by atoms with E-state index < -0.39 is 0 Å². The second-order valence-electron chi connectivity index (χ2n) is 7.58. The quantitative estimate of drug-likeness (QED) is 0.575. The second-order valence-corrected chi connectivity index (χ2v) is 8.46. The highest BCUT2D eigenvalue weighted by molar-refractivity contribution is 7.98. The number of piperidine rings is 1. The molecular formula is C22H27N5O2S. The van der Waals surface area contributed by atoms with E-state index in [-0.39, 0.29) is 5.91 Å². The van der Waals surface area contributed by atoms with Gasteiger partial charge in [-0.05, 0) is 50.1 Å². The van der Waals surface area contributed by atoms with Gasteiger partial charge in [0.1, 0.15) is 17.0 Å². The fourth-order valence-corrected chi connectivity index (χ4v) is 4.12. The zero-order chi connectivity index (χ0) is 20.9. The average molecular weight is 426 g/mol. The molecule has 0 aliphatic carbocycles. The van der Waals surface area contributed by atoms with Crippen molar-refractivity contribution in [3.63, 3.8) is 0 Å². The SMILES string of the molecule is CSc1ccc(CNC(=O)CCc2nc(N3CCCCC3)c3c(C)noc3n2)cc1. The van der Waals surface area contributed by atoms with Crippen LogP contribution in [0.1, 0.15) is 42.8 Å². The van der Waals surface area contributed by atoms with Crippen molar-refractivity contribution in [3.8, 4) is 0 Å². The molecule has 0 radical (unpaired) electrons. The van der Waals surface area contributed by atoms with Gasteiger partial charge >= 0.3 is 0 Å². The Morgan fingerprint density at radius 3 is 2.67 bits per heavy atom. The van der Waals surface area contributed by atoms with Crippen LogP contribution in [-0.4, -0.2) is 40.4 Å². The molecule has 0 saturated carbocycles. The van der Waals surface area contributed by atoms with Gasteiger partial charge < -0.3 is 14.7 Å². The summed E-state index contributed by atoms with van der Waals surface area (Å²) in [5.74, 6) is 1.50. The molecule has 1 aromatic carbocycles. The van der Waals surface area contributed by atoms with Crippen LogP contribution in [0.25, 0.3) is 11.1 Å². The zero-order valence-corrected chi connectivity index (χ0v) is 18.3. The van der Waals surface area contributed by atoms with Crippen molar-refractivity contribution in [2.24, 2.45) is 0 Å². The molecule has 0 bridgehead atoms. The van der Waals surface area contributed by atoms with Crippen LogP contribution >= 0.6 is 11.8 Å². The van der Waals surface area contributed by atoms with Crippen LogP contribution in [0.2, 0.25) is 0 Å². The maximum Gasteiger partial charge on any atom is 0.263 e. The summed E-state index contributed by atoms with van der Waals surface area (Å²) >= 11 is 1.70. The lowest BCUT2D eigenvalue weighted by Crippen LogP contribution is -2.30. The number of hydrogen-bond acceptors (Lipinski definition) is 7. The van der Waals surface area contributed by atoms with Gasteiger partial charge in [0.05, 0.1) is 5.69 Å². The molecular weight excluding hydrogens is 398 g/mol. The van der Waals surface area contributed by atoms with Gasteiger partial charge in [0.2, 0.25) is 5.91 Å². The summed E-state index contributed by atoms with van der Waals surface area (Å²) in [4.78, 5) is 25.2. The lowest BCUT2D eigenvalue weighted by Gasteiger charge is -2.28. The second kappa shape index (κ2) is 9.47. The van der Waals surface area contributed by atoms with E-state index in [1.165, 1.54) is 11.3 Å². The number of rotatable bonds is 7. The smallest absolute Gasteiger partial charge is 0.263 e. The van der Waals surface area contributed by atoms with Gasteiger partial charge in [-0.3, -0.25) is 4.79 Å². The summed E-state index contributed by atoms with van der Waals surface area (Å²) in [7, 11) is 0. The third-order valence-corrected chi connectivity index (χ3v) is 6.16. The van der Waals surface area contributed by atoms with Crippen molar-refractivity contribution in [3.05, 3.63) is 41.3 Å². The van der Waals surface area contributed by atoms with E-state index in [0.717, 1.165) is 48.4 Å². The molecule has 1 N–H and O–H groups in total. The van der Waals surface area contributed by atoms with E-state index >= 15 is 0 Å². The molecule has 30 heavy (non-hydrogen) atoms. The summed E-state index contributed by atoms with van der Waals surface area (Å²) in [5, 5.41) is 7.94. The van der Waals surface area contributed by atoms with Crippen LogP contribution in [0.4, 0.5) is 5.82 Å². The number of hydrogen-bond donors (Lipinski definition) is 1. The number of aryl methyl sites for hydroxylation is 2. The largest absolute Gasteiger partial charge is 0.356 e. The molecule has 4 rings (SSSR count). The van der Waals surface area contributed by atoms with Crippen LogP contribution in [0, 0.1) is 6.92 Å². The first-order valence-electron chi connectivity index (χ1n) is 10.4. The molecule has 158 valence electrons. The topological polar surface area (TPSA) is 84.2 Å². The van der Waals surface area contributed by atoms with Crippen LogP contribution in [0.15, 0.2) is 33.7 Å². The number of benzene rings is 1. The Balaban J connectivity index is 1.41. The van der Waals surface area contributed by atoms with Crippen molar-refractivity contribution in [2.45, 2.75) is 50.5 Å². The molecule has 2 aromatic heterocycles. The highest BCUT2D eigenvalue weighted by Crippen LogP contribution is 2.29. The van der Waals surface area contributed by atoms with Gasteiger partial charge in [0, 0.05) is 37.4 Å². The first kappa shape index (κ1) is 20.7. The van der Waals surface area contributed by atoms with Crippen LogP contribution in [0.5, 0.6) is 0 Å². The minimum Gasteiger partial charge on any atom is -0.356 e. The van der Waals surface area contributed by atoms with E-state index in [9.17, 15) is 4.79 Å². The summed E-state index contributed by atoms with van der Waals surface area (Å²) < 4.78 is 5.42. The first-order valence-corrected chi connectivity index (χ1v) is 11.6. The third-order valence-electron chi connectivity index (χ3n) is 5.41. The number of nitrogens with zero attached hydrogens (tertiary/aromatic N) is 4. The standard InChI is InChI=1S/C22H27N5O2S/c1-15-20-21(27-12-4-3-5-13-27)24-18(25-22(20)29-26-15)10-11-19(28)23-14-16-6-8-17(30-2)9-7-16/h6-9H,3-5,10-14H2,1-2H3,(H,23,28). The highest BCUT2D eigenvalue weighted by Gasteiger charge is 2.21. The molecule has 1 saturated heterocycles. The predicted molar refractivity (Wildman–Crippen MR) is 119 cm³/mol. The summed E-state index contributed by atoms with van der Waals surface area (Å²) in [5.41, 5.74) is 2.40. The van der Waals surface area contributed by atoms with Crippen LogP contribution in [-0.2, 0) is 17.8 Å². The van der Waals surface area contributed by atoms with E-state index in [0.29, 0.717) is 30.9 Å². The summed E-state index contributed by atoms with van der Waals surface area (Å²) in [6.45, 7) is 4.40. The van der Waals surface area contributed by atoms with Crippen molar-refractivity contribution in [2.75, 3.05) is 24.2 Å². The highest BCUT2D eigenvalue weighted by atomic mass is 32.2. The van der Waals surface area contributed by atoms with Gasteiger partial charge in [0.15, 0.2) is 0 Å². The maximum atomic E-state index is 12.4.